The van der Waals surface area contributed by atoms with Crippen molar-refractivity contribution in [3.8, 4) is 0 Å². The molecule has 7 heteroatoms. The van der Waals surface area contributed by atoms with Crippen molar-refractivity contribution < 1.29 is 4.79 Å². The van der Waals surface area contributed by atoms with Crippen LogP contribution in [0.2, 0.25) is 5.02 Å². The van der Waals surface area contributed by atoms with Gasteiger partial charge in [-0.05, 0) is 31.5 Å². The molecule has 1 aromatic carbocycles. The molecule has 0 radical (unpaired) electrons. The number of hydrogen-bond donors (Lipinski definition) is 1. The van der Waals surface area contributed by atoms with E-state index in [1.165, 1.54) is 21.9 Å². The minimum Gasteiger partial charge on any atom is -0.321 e. The Kier molecular flexibility index (Phi) is 3.72. The van der Waals surface area contributed by atoms with E-state index in [-0.39, 0.29) is 11.1 Å². The van der Waals surface area contributed by atoms with E-state index in [0.29, 0.717) is 15.7 Å². The Morgan fingerprint density at radius 3 is 2.91 bits per heavy atom. The number of anilines is 1. The maximum atomic E-state index is 12.4. The second-order valence-electron chi connectivity index (χ2n) is 4.84. The lowest BCUT2D eigenvalue weighted by Crippen LogP contribution is -2.26. The molecule has 0 aliphatic rings. The minimum atomic E-state index is -0.499. The first-order valence-corrected chi connectivity index (χ1v) is 7.71. The smallest absolute Gasteiger partial charge is 0.271 e. The molecular weight excluding hydrogens is 322 g/mol. The average molecular weight is 334 g/mol. The van der Waals surface area contributed by atoms with Gasteiger partial charge in [0.1, 0.15) is 5.56 Å². The fraction of sp³-hybridized carbons (Fsp3) is 0.133. The Morgan fingerprint density at radius 1 is 1.36 bits per heavy atom. The first kappa shape index (κ1) is 14.7. The highest BCUT2D eigenvalue weighted by Crippen LogP contribution is 2.23. The zero-order valence-corrected chi connectivity index (χ0v) is 13.5. The van der Waals surface area contributed by atoms with E-state index < -0.39 is 5.91 Å². The van der Waals surface area contributed by atoms with Crippen molar-refractivity contribution >= 4 is 39.5 Å². The normalized spacial score (nSPS) is 10.9. The zero-order chi connectivity index (χ0) is 15.9. The molecule has 112 valence electrons. The quantitative estimate of drug-likeness (QED) is 0.782. The van der Waals surface area contributed by atoms with Gasteiger partial charge in [-0.15, -0.1) is 11.3 Å². The van der Waals surface area contributed by atoms with E-state index >= 15 is 0 Å². The highest BCUT2D eigenvalue weighted by Gasteiger charge is 2.15. The number of fused-ring (bicyclic) bond motifs is 1. The Bertz CT molecular complexity index is 946. The largest absolute Gasteiger partial charge is 0.321 e. The molecule has 0 saturated heterocycles. The Hall–Kier alpha value is -2.18. The van der Waals surface area contributed by atoms with Crippen LogP contribution in [-0.4, -0.2) is 15.3 Å². The third-order valence-electron chi connectivity index (χ3n) is 3.28. The molecule has 0 atom stereocenters. The number of aryl methyl sites for hydroxylation is 1. The van der Waals surface area contributed by atoms with Gasteiger partial charge in [0.15, 0.2) is 4.96 Å². The Morgan fingerprint density at radius 2 is 2.14 bits per heavy atom. The van der Waals surface area contributed by atoms with Crippen molar-refractivity contribution in [3.05, 3.63) is 62.0 Å². The van der Waals surface area contributed by atoms with E-state index in [2.05, 4.69) is 10.3 Å². The fourth-order valence-corrected chi connectivity index (χ4v) is 3.04. The van der Waals surface area contributed by atoms with Crippen molar-refractivity contribution in [1.29, 1.82) is 0 Å². The average Bonchev–Trinajstić information content (AvgIpc) is 2.85. The van der Waals surface area contributed by atoms with Gasteiger partial charge in [0.2, 0.25) is 0 Å². The van der Waals surface area contributed by atoms with Crippen LogP contribution in [0.1, 0.15) is 20.8 Å². The molecule has 1 N–H and O–H groups in total. The van der Waals surface area contributed by atoms with Crippen molar-refractivity contribution in [1.82, 2.24) is 9.38 Å². The second-order valence-corrected chi connectivity index (χ2v) is 6.46. The van der Waals surface area contributed by atoms with Gasteiger partial charge < -0.3 is 5.32 Å². The summed E-state index contributed by atoms with van der Waals surface area (Å²) < 4.78 is 1.39. The van der Waals surface area contributed by atoms with E-state index in [4.69, 9.17) is 11.6 Å². The van der Waals surface area contributed by atoms with Crippen LogP contribution in [0, 0.1) is 13.8 Å². The summed E-state index contributed by atoms with van der Waals surface area (Å²) >= 11 is 7.43. The van der Waals surface area contributed by atoms with Crippen LogP contribution in [0.3, 0.4) is 0 Å². The number of nitrogens with zero attached hydrogens (tertiary/aromatic N) is 2. The molecule has 0 aliphatic heterocycles. The van der Waals surface area contributed by atoms with Gasteiger partial charge in [0.25, 0.3) is 11.5 Å². The lowest BCUT2D eigenvalue weighted by Gasteiger charge is -2.09. The SMILES string of the molecule is Cc1cn2c(=O)c(C(=O)Nc3cccc(Cl)c3C)cnc2s1. The van der Waals surface area contributed by atoms with Crippen LogP contribution in [-0.2, 0) is 0 Å². The first-order valence-electron chi connectivity index (χ1n) is 6.51. The van der Waals surface area contributed by atoms with Gasteiger partial charge in [0.05, 0.1) is 0 Å². The van der Waals surface area contributed by atoms with Crippen LogP contribution < -0.4 is 10.9 Å². The summed E-state index contributed by atoms with van der Waals surface area (Å²) in [5, 5.41) is 3.26. The molecule has 2 heterocycles. The van der Waals surface area contributed by atoms with Crippen molar-refractivity contribution in [2.24, 2.45) is 0 Å². The minimum absolute atomic E-state index is 0.00493. The number of hydrogen-bond acceptors (Lipinski definition) is 4. The van der Waals surface area contributed by atoms with E-state index in [9.17, 15) is 9.59 Å². The predicted molar refractivity (Wildman–Crippen MR) is 88.2 cm³/mol. The lowest BCUT2D eigenvalue weighted by atomic mass is 10.2. The second kappa shape index (κ2) is 5.55. The topological polar surface area (TPSA) is 63.5 Å². The summed E-state index contributed by atoms with van der Waals surface area (Å²) in [4.78, 5) is 30.4. The van der Waals surface area contributed by atoms with Crippen molar-refractivity contribution in [2.45, 2.75) is 13.8 Å². The number of amides is 1. The summed E-state index contributed by atoms with van der Waals surface area (Å²) in [6.45, 7) is 3.68. The number of aromatic nitrogens is 2. The fourth-order valence-electron chi connectivity index (χ4n) is 2.08. The molecule has 0 spiro atoms. The maximum Gasteiger partial charge on any atom is 0.271 e. The third-order valence-corrected chi connectivity index (χ3v) is 4.60. The molecule has 22 heavy (non-hydrogen) atoms. The lowest BCUT2D eigenvalue weighted by molar-refractivity contribution is 0.102. The predicted octanol–water partition coefficient (Wildman–Crippen LogP) is 3.28. The van der Waals surface area contributed by atoms with Crippen LogP contribution in [0.5, 0.6) is 0 Å². The number of carbonyl (C=O) groups excluding carboxylic acids is 1. The van der Waals surface area contributed by atoms with Crippen LogP contribution in [0.4, 0.5) is 5.69 Å². The number of benzene rings is 1. The van der Waals surface area contributed by atoms with E-state index in [1.807, 2.05) is 6.92 Å². The number of halogens is 1. The Balaban J connectivity index is 2.00. The Labute approximate surface area is 135 Å². The molecule has 3 aromatic rings. The molecule has 0 unspecified atom stereocenters. The standard InChI is InChI=1S/C15H12ClN3O2S/c1-8-7-19-14(21)10(6-17-15(19)22-8)13(20)18-12-5-3-4-11(16)9(12)2/h3-7H,1-2H3,(H,18,20). The molecular formula is C15H12ClN3O2S. The van der Waals surface area contributed by atoms with Gasteiger partial charge >= 0.3 is 0 Å². The molecule has 0 bridgehead atoms. The first-order chi connectivity index (χ1) is 10.5. The molecule has 1 amide bonds. The molecule has 0 aliphatic carbocycles. The number of nitrogens with one attached hydrogen (secondary N) is 1. The zero-order valence-electron chi connectivity index (χ0n) is 11.9. The molecule has 2 aromatic heterocycles. The van der Waals surface area contributed by atoms with Crippen LogP contribution >= 0.6 is 22.9 Å². The van der Waals surface area contributed by atoms with Crippen molar-refractivity contribution in [3.63, 3.8) is 0 Å². The van der Waals surface area contributed by atoms with Gasteiger partial charge in [-0.3, -0.25) is 14.0 Å². The van der Waals surface area contributed by atoms with Gasteiger partial charge in [-0.1, -0.05) is 17.7 Å². The summed E-state index contributed by atoms with van der Waals surface area (Å²) in [6, 6.07) is 5.21. The molecule has 0 saturated carbocycles. The van der Waals surface area contributed by atoms with Crippen LogP contribution in [0.25, 0.3) is 4.96 Å². The number of rotatable bonds is 2. The van der Waals surface area contributed by atoms with Gasteiger partial charge in [-0.2, -0.15) is 0 Å². The number of carbonyl (C=O) groups is 1. The van der Waals surface area contributed by atoms with E-state index in [0.717, 1.165) is 10.4 Å². The molecule has 5 nitrogen and oxygen atoms in total. The monoisotopic (exact) mass is 333 g/mol. The maximum absolute atomic E-state index is 12.4. The summed E-state index contributed by atoms with van der Waals surface area (Å²) in [6.07, 6.45) is 2.99. The van der Waals surface area contributed by atoms with Crippen molar-refractivity contribution in [2.75, 3.05) is 5.32 Å². The van der Waals surface area contributed by atoms with E-state index in [1.54, 1.807) is 31.3 Å². The molecule has 0 fully saturated rings. The highest BCUT2D eigenvalue weighted by atomic mass is 35.5. The van der Waals surface area contributed by atoms with Gasteiger partial charge in [-0.25, -0.2) is 4.98 Å². The number of thiazole rings is 1. The van der Waals surface area contributed by atoms with Gasteiger partial charge in [0, 0.05) is 28.0 Å². The third kappa shape index (κ3) is 2.51. The molecule has 3 rings (SSSR count). The summed E-state index contributed by atoms with van der Waals surface area (Å²) in [5.41, 5.74) is 0.933. The van der Waals surface area contributed by atoms with Crippen LogP contribution in [0.15, 0.2) is 35.4 Å². The summed E-state index contributed by atoms with van der Waals surface area (Å²) in [5.74, 6) is -0.499. The summed E-state index contributed by atoms with van der Waals surface area (Å²) in [7, 11) is 0. The highest BCUT2D eigenvalue weighted by molar-refractivity contribution is 7.16.